The Labute approximate surface area is 114 Å². The van der Waals surface area contributed by atoms with Crippen LogP contribution in [0.2, 0.25) is 0 Å². The monoisotopic (exact) mass is 262 g/mol. The van der Waals surface area contributed by atoms with E-state index >= 15 is 0 Å². The van der Waals surface area contributed by atoms with Crippen molar-refractivity contribution in [3.8, 4) is 0 Å². The van der Waals surface area contributed by atoms with Crippen LogP contribution in [-0.4, -0.2) is 37.2 Å². The highest BCUT2D eigenvalue weighted by atomic mass is 16.6. The van der Waals surface area contributed by atoms with Crippen molar-refractivity contribution in [2.45, 2.75) is 26.0 Å². The van der Waals surface area contributed by atoms with Gasteiger partial charge in [0.05, 0.1) is 0 Å². The zero-order valence-electron chi connectivity index (χ0n) is 11.6. The molecule has 0 unspecified atom stereocenters. The maximum absolute atomic E-state index is 12.0. The Balaban J connectivity index is 1.83. The summed E-state index contributed by atoms with van der Waals surface area (Å²) in [5.41, 5.74) is 1.02. The number of nitrogens with one attached hydrogen (secondary N) is 1. The van der Waals surface area contributed by atoms with Gasteiger partial charge in [0, 0.05) is 19.1 Å². The molecule has 0 radical (unpaired) electrons. The van der Waals surface area contributed by atoms with Crippen molar-refractivity contribution in [3.63, 3.8) is 0 Å². The molecule has 1 fully saturated rings. The molecule has 0 aromatic heterocycles. The van der Waals surface area contributed by atoms with E-state index in [0.29, 0.717) is 18.6 Å². The number of hydrogen-bond donors (Lipinski definition) is 1. The van der Waals surface area contributed by atoms with Crippen LogP contribution >= 0.6 is 0 Å². The second-order valence-corrected chi connectivity index (χ2v) is 5.15. The van der Waals surface area contributed by atoms with Crippen molar-refractivity contribution in [2.75, 3.05) is 20.1 Å². The molecule has 0 bridgehead atoms. The van der Waals surface area contributed by atoms with E-state index in [1.54, 1.807) is 4.90 Å². The molecule has 0 saturated carbocycles. The van der Waals surface area contributed by atoms with Crippen LogP contribution in [0.25, 0.3) is 0 Å². The second-order valence-electron chi connectivity index (χ2n) is 5.15. The molecule has 2 rings (SSSR count). The molecule has 1 N–H and O–H groups in total. The van der Waals surface area contributed by atoms with E-state index in [2.05, 4.69) is 12.2 Å². The molecule has 1 aromatic rings. The third-order valence-corrected chi connectivity index (χ3v) is 3.79. The van der Waals surface area contributed by atoms with Crippen LogP contribution in [0.5, 0.6) is 0 Å². The molecule has 1 aliphatic rings. The number of ether oxygens (including phenoxy) is 1. The van der Waals surface area contributed by atoms with Crippen molar-refractivity contribution in [1.82, 2.24) is 10.2 Å². The molecule has 1 aliphatic heterocycles. The first-order valence-corrected chi connectivity index (χ1v) is 6.83. The predicted molar refractivity (Wildman–Crippen MR) is 74.8 cm³/mol. The van der Waals surface area contributed by atoms with Crippen molar-refractivity contribution in [3.05, 3.63) is 35.9 Å². The minimum atomic E-state index is -0.212. The molecular weight excluding hydrogens is 240 g/mol. The van der Waals surface area contributed by atoms with E-state index in [1.165, 1.54) is 0 Å². The van der Waals surface area contributed by atoms with Gasteiger partial charge in [0.25, 0.3) is 0 Å². The molecule has 0 spiro atoms. The highest BCUT2D eigenvalue weighted by Gasteiger charge is 2.28. The van der Waals surface area contributed by atoms with Crippen LogP contribution in [0.4, 0.5) is 4.79 Å². The number of piperidine rings is 1. The summed E-state index contributed by atoms with van der Waals surface area (Å²) in [4.78, 5) is 13.8. The van der Waals surface area contributed by atoms with E-state index < -0.39 is 0 Å². The van der Waals surface area contributed by atoms with Gasteiger partial charge >= 0.3 is 6.09 Å². The summed E-state index contributed by atoms with van der Waals surface area (Å²) in [7, 11) is 1.94. The van der Waals surface area contributed by atoms with Crippen molar-refractivity contribution in [2.24, 2.45) is 5.92 Å². The maximum atomic E-state index is 12.0. The van der Waals surface area contributed by atoms with E-state index in [4.69, 9.17) is 4.74 Å². The molecule has 19 heavy (non-hydrogen) atoms. The van der Waals surface area contributed by atoms with Gasteiger partial charge in [0.1, 0.15) is 6.61 Å². The lowest BCUT2D eigenvalue weighted by Crippen LogP contribution is -2.51. The van der Waals surface area contributed by atoms with Gasteiger partial charge in [0.15, 0.2) is 0 Å². The number of carbonyl (C=O) groups excluding carboxylic acids is 1. The molecular formula is C15H22N2O2. The Hall–Kier alpha value is -1.55. The molecule has 2 atom stereocenters. The Morgan fingerprint density at radius 3 is 2.84 bits per heavy atom. The summed E-state index contributed by atoms with van der Waals surface area (Å²) >= 11 is 0. The quantitative estimate of drug-likeness (QED) is 0.908. The fraction of sp³-hybridized carbons (Fsp3) is 0.533. The number of benzene rings is 1. The van der Waals surface area contributed by atoms with Gasteiger partial charge < -0.3 is 15.0 Å². The van der Waals surface area contributed by atoms with Crippen molar-refractivity contribution in [1.29, 1.82) is 0 Å². The molecule has 1 amide bonds. The minimum absolute atomic E-state index is 0.212. The summed E-state index contributed by atoms with van der Waals surface area (Å²) in [6, 6.07) is 10.1. The zero-order valence-corrected chi connectivity index (χ0v) is 11.6. The molecule has 4 heteroatoms. The molecule has 4 nitrogen and oxygen atoms in total. The van der Waals surface area contributed by atoms with Gasteiger partial charge in [-0.3, -0.25) is 0 Å². The minimum Gasteiger partial charge on any atom is -0.445 e. The number of carbonyl (C=O) groups is 1. The standard InChI is InChI=1S/C15H22N2O2/c1-12-8-9-17(10-14(12)16-2)15(18)19-11-13-6-4-3-5-7-13/h3-7,12,14,16H,8-11H2,1-2H3/t12-,14-/m0/s1. The molecule has 1 heterocycles. The summed E-state index contributed by atoms with van der Waals surface area (Å²) in [5, 5.41) is 3.26. The van der Waals surface area contributed by atoms with Crippen LogP contribution in [0.1, 0.15) is 18.9 Å². The van der Waals surface area contributed by atoms with Gasteiger partial charge in [-0.25, -0.2) is 4.79 Å². The molecule has 1 aromatic carbocycles. The lowest BCUT2D eigenvalue weighted by Gasteiger charge is -2.36. The Morgan fingerprint density at radius 1 is 1.42 bits per heavy atom. The lowest BCUT2D eigenvalue weighted by atomic mass is 9.94. The normalized spacial score (nSPS) is 23.2. The largest absolute Gasteiger partial charge is 0.445 e. The Bertz CT molecular complexity index is 408. The Morgan fingerprint density at radius 2 is 2.16 bits per heavy atom. The number of amides is 1. The Kier molecular flexibility index (Phi) is 4.80. The van der Waals surface area contributed by atoms with E-state index in [1.807, 2.05) is 37.4 Å². The number of likely N-dealkylation sites (N-methyl/N-ethyl adjacent to an activating group) is 1. The number of hydrogen-bond acceptors (Lipinski definition) is 3. The topological polar surface area (TPSA) is 41.6 Å². The van der Waals surface area contributed by atoms with Gasteiger partial charge in [-0.05, 0) is 24.9 Å². The third-order valence-electron chi connectivity index (χ3n) is 3.79. The molecule has 0 aliphatic carbocycles. The van der Waals surface area contributed by atoms with Crippen LogP contribution in [0, 0.1) is 5.92 Å². The highest BCUT2D eigenvalue weighted by Crippen LogP contribution is 2.17. The van der Waals surface area contributed by atoms with E-state index in [0.717, 1.165) is 25.1 Å². The average Bonchev–Trinajstić information content (AvgIpc) is 2.46. The predicted octanol–water partition coefficient (Wildman–Crippen LogP) is 2.25. The van der Waals surface area contributed by atoms with Crippen LogP contribution in [0.3, 0.4) is 0 Å². The van der Waals surface area contributed by atoms with Gasteiger partial charge in [-0.2, -0.15) is 0 Å². The summed E-state index contributed by atoms with van der Waals surface area (Å²) in [6.45, 7) is 4.07. The van der Waals surface area contributed by atoms with Crippen LogP contribution < -0.4 is 5.32 Å². The number of likely N-dealkylation sites (tertiary alicyclic amines) is 1. The number of rotatable bonds is 3. The maximum Gasteiger partial charge on any atom is 0.410 e. The third kappa shape index (κ3) is 3.70. The van der Waals surface area contributed by atoms with Gasteiger partial charge in [-0.15, -0.1) is 0 Å². The number of nitrogens with zero attached hydrogens (tertiary/aromatic N) is 1. The first-order valence-electron chi connectivity index (χ1n) is 6.83. The second kappa shape index (κ2) is 6.57. The summed E-state index contributed by atoms with van der Waals surface area (Å²) < 4.78 is 5.35. The van der Waals surface area contributed by atoms with E-state index in [-0.39, 0.29) is 6.09 Å². The SMILES string of the molecule is CN[C@H]1CN(C(=O)OCc2ccccc2)CC[C@@H]1C. The highest BCUT2D eigenvalue weighted by molar-refractivity contribution is 5.67. The van der Waals surface area contributed by atoms with Gasteiger partial charge in [0.2, 0.25) is 0 Å². The zero-order chi connectivity index (χ0) is 13.7. The summed E-state index contributed by atoms with van der Waals surface area (Å²) in [6.07, 6.45) is 0.808. The average molecular weight is 262 g/mol. The first kappa shape index (κ1) is 13.9. The fourth-order valence-corrected chi connectivity index (χ4v) is 2.42. The smallest absolute Gasteiger partial charge is 0.410 e. The van der Waals surface area contributed by atoms with Crippen molar-refractivity contribution < 1.29 is 9.53 Å². The molecule has 1 saturated heterocycles. The van der Waals surface area contributed by atoms with Crippen LogP contribution in [0.15, 0.2) is 30.3 Å². The van der Waals surface area contributed by atoms with Crippen LogP contribution in [-0.2, 0) is 11.3 Å². The first-order chi connectivity index (χ1) is 9.20. The fourth-order valence-electron chi connectivity index (χ4n) is 2.42. The lowest BCUT2D eigenvalue weighted by molar-refractivity contribution is 0.0752. The van der Waals surface area contributed by atoms with Gasteiger partial charge in [-0.1, -0.05) is 37.3 Å². The van der Waals surface area contributed by atoms with Crippen molar-refractivity contribution >= 4 is 6.09 Å². The van der Waals surface area contributed by atoms with E-state index in [9.17, 15) is 4.79 Å². The summed E-state index contributed by atoms with van der Waals surface area (Å²) in [5.74, 6) is 0.600. The molecule has 104 valence electrons.